The summed E-state index contributed by atoms with van der Waals surface area (Å²) in [7, 11) is 2.18. The largest absolute Gasteiger partial charge is 0.483 e. The van der Waals surface area contributed by atoms with Crippen LogP contribution in [0.3, 0.4) is 0 Å². The summed E-state index contributed by atoms with van der Waals surface area (Å²) in [6.45, 7) is -0.250. The van der Waals surface area contributed by atoms with E-state index < -0.39 is 0 Å². The molecule has 2 fully saturated rings. The molecule has 1 aromatic heterocycles. The molecule has 2 aliphatic heterocycles. The number of rotatable bonds is 5. The molecule has 2 atom stereocenters. The summed E-state index contributed by atoms with van der Waals surface area (Å²) in [5, 5.41) is 20.7. The van der Waals surface area contributed by atoms with Crippen molar-refractivity contribution < 1.29 is 23.9 Å². The number of piperidine rings is 1. The van der Waals surface area contributed by atoms with Gasteiger partial charge in [0.25, 0.3) is 12.4 Å². The molecule has 0 radical (unpaired) electrons. The Morgan fingerprint density at radius 1 is 1.17 bits per heavy atom. The van der Waals surface area contributed by atoms with Gasteiger partial charge >= 0.3 is 0 Å². The second-order valence-electron chi connectivity index (χ2n) is 8.98. The number of anilines is 1. The highest BCUT2D eigenvalue weighted by Crippen LogP contribution is 2.34. The average molecular weight is 482 g/mol. The Morgan fingerprint density at radius 3 is 2.49 bits per heavy atom. The van der Waals surface area contributed by atoms with Gasteiger partial charge in [-0.3, -0.25) is 19.5 Å². The van der Waals surface area contributed by atoms with Gasteiger partial charge in [0.2, 0.25) is 5.91 Å². The fraction of sp³-hybridized carbons (Fsp3) is 0.360. The first kappa shape index (κ1) is 24.3. The summed E-state index contributed by atoms with van der Waals surface area (Å²) in [5.74, 6) is -0.752. The van der Waals surface area contributed by atoms with Crippen LogP contribution >= 0.6 is 0 Å². The van der Waals surface area contributed by atoms with E-state index >= 15 is 0 Å². The number of nitrogens with one attached hydrogen (secondary N) is 3. The van der Waals surface area contributed by atoms with Crippen LogP contribution in [0.25, 0.3) is 10.9 Å². The normalized spacial score (nSPS) is 21.1. The van der Waals surface area contributed by atoms with Crippen LogP contribution in [0.5, 0.6) is 0 Å². The lowest BCUT2D eigenvalue weighted by molar-refractivity contribution is -0.123. The Kier molecular flexibility index (Phi) is 7.40. The van der Waals surface area contributed by atoms with Crippen molar-refractivity contribution >= 4 is 34.9 Å². The number of halogens is 1. The second-order valence-corrected chi connectivity index (χ2v) is 8.98. The molecule has 9 nitrogen and oxygen atoms in total. The van der Waals surface area contributed by atoms with Gasteiger partial charge in [0.1, 0.15) is 5.82 Å². The van der Waals surface area contributed by atoms with Gasteiger partial charge in [0.05, 0.1) is 11.9 Å². The maximum Gasteiger partial charge on any atom is 0.290 e. The lowest BCUT2D eigenvalue weighted by Gasteiger charge is -2.36. The van der Waals surface area contributed by atoms with E-state index in [1.165, 1.54) is 37.1 Å². The molecule has 2 bridgehead atoms. The molecule has 0 spiro atoms. The third-order valence-corrected chi connectivity index (χ3v) is 6.77. The number of fused-ring (bicyclic) bond motifs is 3. The quantitative estimate of drug-likeness (QED) is 0.415. The van der Waals surface area contributed by atoms with Crippen LogP contribution in [0.15, 0.2) is 42.5 Å². The van der Waals surface area contributed by atoms with Gasteiger partial charge in [-0.25, -0.2) is 4.39 Å². The zero-order valence-electron chi connectivity index (χ0n) is 19.3. The van der Waals surface area contributed by atoms with E-state index in [2.05, 4.69) is 32.8 Å². The van der Waals surface area contributed by atoms with Crippen LogP contribution in [0, 0.1) is 5.82 Å². The Morgan fingerprint density at radius 2 is 1.83 bits per heavy atom. The molecular weight excluding hydrogens is 453 g/mol. The molecule has 35 heavy (non-hydrogen) atoms. The number of carbonyl (C=O) groups is 3. The summed E-state index contributed by atoms with van der Waals surface area (Å²) in [4.78, 5) is 36.2. The molecule has 3 heterocycles. The number of benzene rings is 2. The third kappa shape index (κ3) is 5.65. The van der Waals surface area contributed by atoms with Gasteiger partial charge in [-0.2, -0.15) is 5.10 Å². The second kappa shape index (κ2) is 10.6. The maximum atomic E-state index is 13.0. The van der Waals surface area contributed by atoms with Crippen LogP contribution < -0.4 is 10.6 Å². The number of H-pyrrole nitrogens is 1. The summed E-state index contributed by atoms with van der Waals surface area (Å²) >= 11 is 0. The van der Waals surface area contributed by atoms with Gasteiger partial charge in [0, 0.05) is 29.2 Å². The number of amides is 2. The van der Waals surface area contributed by atoms with Crippen molar-refractivity contribution in [3.63, 3.8) is 0 Å². The Hall–Kier alpha value is -3.79. The number of hydrogen-bond donors (Lipinski definition) is 4. The monoisotopic (exact) mass is 481 g/mol. The number of aromatic nitrogens is 2. The van der Waals surface area contributed by atoms with Gasteiger partial charge in [-0.15, -0.1) is 0 Å². The first-order valence-corrected chi connectivity index (χ1v) is 11.5. The summed E-state index contributed by atoms with van der Waals surface area (Å²) in [6, 6.07) is 12.4. The van der Waals surface area contributed by atoms with E-state index in [-0.39, 0.29) is 36.6 Å². The number of nitrogens with zero attached hydrogens (tertiary/aromatic N) is 2. The minimum Gasteiger partial charge on any atom is -0.483 e. The molecule has 5 rings (SSSR count). The molecule has 184 valence electrons. The first-order valence-electron chi connectivity index (χ1n) is 11.5. The standard InChI is InChI=1S/C24H26FN5O2.CH2O2/c1-30-18-7-8-19(30)13-17(12-18)27-24(32)23-20-10-14(2-9-21(20)28-29-23)11-22(31)26-16-5-3-15(25)4-6-16;2-1-3/h2-6,9-10,17-19H,7-8,11-13H2,1H3,(H,26,31)(H,27,32)(H,28,29);1H,(H,2,3). The fourth-order valence-corrected chi connectivity index (χ4v) is 5.05. The van der Waals surface area contributed by atoms with Gasteiger partial charge in [-0.05, 0) is 74.7 Å². The molecule has 3 aromatic rings. The van der Waals surface area contributed by atoms with Crippen molar-refractivity contribution in [1.29, 1.82) is 0 Å². The van der Waals surface area contributed by atoms with Crippen molar-refractivity contribution in [2.75, 3.05) is 12.4 Å². The molecule has 2 unspecified atom stereocenters. The molecule has 2 amide bonds. The molecule has 2 aromatic carbocycles. The molecule has 10 heteroatoms. The van der Waals surface area contributed by atoms with Crippen LogP contribution in [-0.4, -0.2) is 63.7 Å². The highest BCUT2D eigenvalue weighted by Gasteiger charge is 2.39. The fourth-order valence-electron chi connectivity index (χ4n) is 5.05. The summed E-state index contributed by atoms with van der Waals surface area (Å²) in [6.07, 6.45) is 4.47. The van der Waals surface area contributed by atoms with Crippen molar-refractivity contribution in [2.24, 2.45) is 0 Å². The van der Waals surface area contributed by atoms with Crippen molar-refractivity contribution in [1.82, 2.24) is 20.4 Å². The molecule has 4 N–H and O–H groups in total. The maximum absolute atomic E-state index is 13.0. The summed E-state index contributed by atoms with van der Waals surface area (Å²) in [5.41, 5.74) is 2.41. The van der Waals surface area contributed by atoms with Crippen LogP contribution in [0.2, 0.25) is 0 Å². The SMILES string of the molecule is CN1C2CCC1CC(NC(=O)c1n[nH]c3ccc(CC(=O)Nc4ccc(F)cc4)cc13)C2.O=CO. The zero-order valence-corrected chi connectivity index (χ0v) is 19.3. The molecule has 2 saturated heterocycles. The van der Waals surface area contributed by atoms with E-state index in [4.69, 9.17) is 9.90 Å². The van der Waals surface area contributed by atoms with E-state index in [9.17, 15) is 14.0 Å². The van der Waals surface area contributed by atoms with E-state index in [0.29, 0.717) is 28.9 Å². The molecular formula is C25H28FN5O4. The Bertz CT molecular complexity index is 1200. The first-order chi connectivity index (χ1) is 16.9. The third-order valence-electron chi connectivity index (χ3n) is 6.77. The minimum absolute atomic E-state index is 0.137. The van der Waals surface area contributed by atoms with Crippen LogP contribution in [-0.2, 0) is 16.0 Å². The van der Waals surface area contributed by atoms with E-state index in [0.717, 1.165) is 23.9 Å². The Balaban J connectivity index is 0.000000917. The Labute approximate surface area is 201 Å². The van der Waals surface area contributed by atoms with Crippen molar-refractivity contribution in [3.8, 4) is 0 Å². The van der Waals surface area contributed by atoms with Gasteiger partial charge < -0.3 is 20.6 Å². The molecule has 2 aliphatic rings. The molecule has 0 aliphatic carbocycles. The highest BCUT2D eigenvalue weighted by molar-refractivity contribution is 6.05. The highest BCUT2D eigenvalue weighted by atomic mass is 19.1. The average Bonchev–Trinajstić information content (AvgIpc) is 3.32. The number of aromatic amines is 1. The lowest BCUT2D eigenvalue weighted by Crippen LogP contribution is -2.48. The van der Waals surface area contributed by atoms with E-state index in [1.807, 2.05) is 18.2 Å². The van der Waals surface area contributed by atoms with E-state index in [1.54, 1.807) is 0 Å². The van der Waals surface area contributed by atoms with Gasteiger partial charge in [-0.1, -0.05) is 6.07 Å². The van der Waals surface area contributed by atoms with Crippen molar-refractivity contribution in [3.05, 3.63) is 59.5 Å². The van der Waals surface area contributed by atoms with Crippen LogP contribution in [0.4, 0.5) is 10.1 Å². The molecule has 0 saturated carbocycles. The predicted molar refractivity (Wildman–Crippen MR) is 129 cm³/mol. The number of hydrogen-bond acceptors (Lipinski definition) is 5. The van der Waals surface area contributed by atoms with Crippen molar-refractivity contribution in [2.45, 2.75) is 50.2 Å². The zero-order chi connectivity index (χ0) is 24.9. The topological polar surface area (TPSA) is 127 Å². The lowest BCUT2D eigenvalue weighted by atomic mass is 9.97. The van der Waals surface area contributed by atoms with Gasteiger partial charge in [0.15, 0.2) is 5.69 Å². The van der Waals surface area contributed by atoms with Crippen LogP contribution in [0.1, 0.15) is 41.7 Å². The summed E-state index contributed by atoms with van der Waals surface area (Å²) < 4.78 is 13.0. The minimum atomic E-state index is -0.355. The smallest absolute Gasteiger partial charge is 0.290 e. The number of carboxylic acid groups (broad SMARTS) is 1. The predicted octanol–water partition coefficient (Wildman–Crippen LogP) is 2.94. The number of carbonyl (C=O) groups excluding carboxylic acids is 2.